The molecular weight excluding hydrogens is 276 g/mol. The molecule has 4 heteroatoms. The lowest BCUT2D eigenvalue weighted by Crippen LogP contribution is -2.50. The Morgan fingerprint density at radius 2 is 1.59 bits per heavy atom. The lowest BCUT2D eigenvalue weighted by atomic mass is 9.69. The minimum atomic E-state index is 0.0816. The lowest BCUT2D eigenvalue weighted by Gasteiger charge is -2.41. The van der Waals surface area contributed by atoms with Crippen LogP contribution in [0.3, 0.4) is 0 Å². The van der Waals surface area contributed by atoms with Gasteiger partial charge in [0.25, 0.3) is 0 Å². The van der Waals surface area contributed by atoms with Gasteiger partial charge < -0.3 is 10.2 Å². The van der Waals surface area contributed by atoms with E-state index in [0.717, 1.165) is 32.4 Å². The van der Waals surface area contributed by atoms with Gasteiger partial charge in [0.2, 0.25) is 11.8 Å². The van der Waals surface area contributed by atoms with Crippen molar-refractivity contribution in [2.75, 3.05) is 13.1 Å². The second kappa shape index (κ2) is 7.01. The first-order valence-corrected chi connectivity index (χ1v) is 8.85. The van der Waals surface area contributed by atoms with E-state index in [-0.39, 0.29) is 23.1 Å². The fraction of sp³-hybridized carbons (Fsp3) is 0.889. The lowest BCUT2D eigenvalue weighted by molar-refractivity contribution is -0.134. The van der Waals surface area contributed by atoms with Gasteiger partial charge in [-0.05, 0) is 37.0 Å². The van der Waals surface area contributed by atoms with Gasteiger partial charge in [-0.15, -0.1) is 0 Å². The van der Waals surface area contributed by atoms with Crippen molar-refractivity contribution in [3.05, 3.63) is 0 Å². The number of carbonyl (C=O) groups is 2. The van der Waals surface area contributed by atoms with E-state index in [1.165, 1.54) is 19.3 Å². The molecule has 1 N–H and O–H groups in total. The summed E-state index contributed by atoms with van der Waals surface area (Å²) >= 11 is 0. The van der Waals surface area contributed by atoms with Gasteiger partial charge in [0.1, 0.15) is 0 Å². The summed E-state index contributed by atoms with van der Waals surface area (Å²) < 4.78 is 0. The first kappa shape index (κ1) is 17.3. The number of nitrogens with one attached hydrogen (secondary N) is 1. The quantitative estimate of drug-likeness (QED) is 0.852. The van der Waals surface area contributed by atoms with Crippen LogP contribution >= 0.6 is 0 Å². The molecule has 22 heavy (non-hydrogen) atoms. The van der Waals surface area contributed by atoms with Gasteiger partial charge in [0, 0.05) is 32.0 Å². The highest BCUT2D eigenvalue weighted by Crippen LogP contribution is 2.38. The van der Waals surface area contributed by atoms with Crippen molar-refractivity contribution in [1.29, 1.82) is 0 Å². The van der Waals surface area contributed by atoms with Crippen LogP contribution in [-0.2, 0) is 9.59 Å². The molecule has 0 unspecified atom stereocenters. The van der Waals surface area contributed by atoms with Gasteiger partial charge >= 0.3 is 0 Å². The van der Waals surface area contributed by atoms with Crippen LogP contribution in [0.2, 0.25) is 0 Å². The molecule has 0 radical (unpaired) electrons. The molecule has 0 bridgehead atoms. The van der Waals surface area contributed by atoms with Crippen molar-refractivity contribution < 1.29 is 9.59 Å². The molecule has 0 aromatic rings. The average molecular weight is 308 g/mol. The molecule has 2 rings (SSSR count). The smallest absolute Gasteiger partial charge is 0.223 e. The van der Waals surface area contributed by atoms with Crippen LogP contribution < -0.4 is 5.32 Å². The topological polar surface area (TPSA) is 49.4 Å². The third kappa shape index (κ3) is 4.23. The SMILES string of the molecule is CC(=O)N1CCC(C(=O)N[C@H]2CCCC[C@@H]2C(C)(C)C)CC1. The van der Waals surface area contributed by atoms with E-state index in [4.69, 9.17) is 0 Å². The average Bonchev–Trinajstić information content (AvgIpc) is 2.46. The molecule has 1 aliphatic carbocycles. The van der Waals surface area contributed by atoms with Crippen LogP contribution in [0.4, 0.5) is 0 Å². The zero-order valence-corrected chi connectivity index (χ0v) is 14.7. The minimum Gasteiger partial charge on any atom is -0.353 e. The van der Waals surface area contributed by atoms with Gasteiger partial charge in [0.15, 0.2) is 0 Å². The van der Waals surface area contributed by atoms with Crippen LogP contribution in [0.1, 0.15) is 66.2 Å². The second-order valence-corrected chi connectivity index (χ2v) is 8.15. The third-order valence-corrected chi connectivity index (χ3v) is 5.52. The van der Waals surface area contributed by atoms with Crippen LogP contribution in [0.15, 0.2) is 0 Å². The highest BCUT2D eigenvalue weighted by molar-refractivity contribution is 5.80. The summed E-state index contributed by atoms with van der Waals surface area (Å²) in [5.74, 6) is 0.990. The molecule has 126 valence electrons. The fourth-order valence-electron chi connectivity index (χ4n) is 4.10. The van der Waals surface area contributed by atoms with E-state index in [2.05, 4.69) is 26.1 Å². The van der Waals surface area contributed by atoms with Gasteiger partial charge in [-0.25, -0.2) is 0 Å². The van der Waals surface area contributed by atoms with Crippen molar-refractivity contribution in [2.24, 2.45) is 17.3 Å². The Kier molecular flexibility index (Phi) is 5.51. The Balaban J connectivity index is 1.89. The molecular formula is C18H32N2O2. The maximum atomic E-state index is 12.6. The Morgan fingerprint density at radius 3 is 2.14 bits per heavy atom. The van der Waals surface area contributed by atoms with E-state index in [1.807, 2.05) is 4.90 Å². The molecule has 4 nitrogen and oxygen atoms in total. The van der Waals surface area contributed by atoms with Gasteiger partial charge in [-0.2, -0.15) is 0 Å². The molecule has 2 fully saturated rings. The third-order valence-electron chi connectivity index (χ3n) is 5.52. The van der Waals surface area contributed by atoms with Crippen molar-refractivity contribution in [1.82, 2.24) is 10.2 Å². The summed E-state index contributed by atoms with van der Waals surface area (Å²) in [5.41, 5.74) is 0.246. The summed E-state index contributed by atoms with van der Waals surface area (Å²) in [5, 5.41) is 3.35. The first-order chi connectivity index (χ1) is 10.3. The van der Waals surface area contributed by atoms with Gasteiger partial charge in [-0.3, -0.25) is 9.59 Å². The van der Waals surface area contributed by atoms with E-state index < -0.39 is 0 Å². The molecule has 1 saturated carbocycles. The molecule has 2 amide bonds. The van der Waals surface area contributed by atoms with Crippen LogP contribution in [0.5, 0.6) is 0 Å². The van der Waals surface area contributed by atoms with Crippen molar-refractivity contribution in [3.8, 4) is 0 Å². The summed E-state index contributed by atoms with van der Waals surface area (Å²) in [4.78, 5) is 25.8. The minimum absolute atomic E-state index is 0.0816. The summed E-state index contributed by atoms with van der Waals surface area (Å²) in [7, 11) is 0. The van der Waals surface area contributed by atoms with Gasteiger partial charge in [0.05, 0.1) is 0 Å². The number of nitrogens with zero attached hydrogens (tertiary/aromatic N) is 1. The largest absolute Gasteiger partial charge is 0.353 e. The van der Waals surface area contributed by atoms with Crippen LogP contribution in [0, 0.1) is 17.3 Å². The Hall–Kier alpha value is -1.06. The van der Waals surface area contributed by atoms with Crippen molar-refractivity contribution in [3.63, 3.8) is 0 Å². The molecule has 1 heterocycles. The van der Waals surface area contributed by atoms with E-state index in [9.17, 15) is 9.59 Å². The Bertz CT molecular complexity index is 406. The van der Waals surface area contributed by atoms with E-state index >= 15 is 0 Å². The van der Waals surface area contributed by atoms with Crippen LogP contribution in [-0.4, -0.2) is 35.8 Å². The summed E-state index contributed by atoms with van der Waals surface area (Å²) in [6.45, 7) is 9.91. The molecule has 1 aliphatic heterocycles. The zero-order chi connectivity index (χ0) is 16.3. The van der Waals surface area contributed by atoms with Crippen LogP contribution in [0.25, 0.3) is 0 Å². The van der Waals surface area contributed by atoms with E-state index in [0.29, 0.717) is 12.0 Å². The monoisotopic (exact) mass is 308 g/mol. The molecule has 0 spiro atoms. The second-order valence-electron chi connectivity index (χ2n) is 8.15. The molecule has 2 aliphatic rings. The number of piperidine rings is 1. The Labute approximate surface area is 135 Å². The standard InChI is InChI=1S/C18H32N2O2/c1-13(21)20-11-9-14(10-12-20)17(22)19-16-8-6-5-7-15(16)18(2,3)4/h14-16H,5-12H2,1-4H3,(H,19,22)/t15-,16-/m0/s1. The predicted octanol–water partition coefficient (Wildman–Crippen LogP) is 2.97. The van der Waals surface area contributed by atoms with Crippen molar-refractivity contribution in [2.45, 2.75) is 72.3 Å². The maximum Gasteiger partial charge on any atom is 0.223 e. The zero-order valence-electron chi connectivity index (χ0n) is 14.7. The molecule has 2 atom stereocenters. The molecule has 0 aromatic heterocycles. The Morgan fingerprint density at radius 1 is 1.00 bits per heavy atom. The highest BCUT2D eigenvalue weighted by atomic mass is 16.2. The molecule has 1 saturated heterocycles. The van der Waals surface area contributed by atoms with Gasteiger partial charge in [-0.1, -0.05) is 33.6 Å². The number of hydrogen-bond donors (Lipinski definition) is 1. The number of likely N-dealkylation sites (tertiary alicyclic amines) is 1. The number of hydrogen-bond acceptors (Lipinski definition) is 2. The normalized spacial score (nSPS) is 27.5. The number of amides is 2. The fourth-order valence-corrected chi connectivity index (χ4v) is 4.10. The number of carbonyl (C=O) groups excluding carboxylic acids is 2. The van der Waals surface area contributed by atoms with Crippen molar-refractivity contribution >= 4 is 11.8 Å². The summed E-state index contributed by atoms with van der Waals surface area (Å²) in [6.07, 6.45) is 6.44. The predicted molar refractivity (Wildman–Crippen MR) is 88.3 cm³/mol. The maximum absolute atomic E-state index is 12.6. The highest BCUT2D eigenvalue weighted by Gasteiger charge is 2.36. The summed E-state index contributed by atoms with van der Waals surface area (Å²) in [6, 6.07) is 0.326. The van der Waals surface area contributed by atoms with E-state index in [1.54, 1.807) is 6.92 Å². The first-order valence-electron chi connectivity index (χ1n) is 8.85. The molecule has 0 aromatic carbocycles. The number of rotatable bonds is 2.